The Morgan fingerprint density at radius 3 is 2.38 bits per heavy atom. The Labute approximate surface area is 123 Å². The van der Waals surface area contributed by atoms with Gasteiger partial charge in [0.2, 0.25) is 0 Å². The predicted molar refractivity (Wildman–Crippen MR) is 73.1 cm³/mol. The number of carbonyl (C=O) groups excluding carboxylic acids is 2. The van der Waals surface area contributed by atoms with Gasteiger partial charge in [-0.15, -0.1) is 0 Å². The van der Waals surface area contributed by atoms with Crippen molar-refractivity contribution in [2.75, 3.05) is 40.6 Å². The maximum atomic E-state index is 11.8. The van der Waals surface area contributed by atoms with E-state index >= 15 is 0 Å². The first-order valence-electron chi connectivity index (χ1n) is 6.49. The van der Waals surface area contributed by atoms with Gasteiger partial charge in [-0.3, -0.25) is 21.3 Å². The van der Waals surface area contributed by atoms with Gasteiger partial charge in [0.1, 0.15) is 12.5 Å². The minimum Gasteiger partial charge on any atom is -0.465 e. The summed E-state index contributed by atoms with van der Waals surface area (Å²) >= 11 is 0. The number of ether oxygens (including phenoxy) is 4. The molecule has 21 heavy (non-hydrogen) atoms. The van der Waals surface area contributed by atoms with Crippen molar-refractivity contribution in [1.29, 1.82) is 0 Å². The summed E-state index contributed by atoms with van der Waals surface area (Å²) < 4.78 is 19.0. The fraction of sp³-hybridized carbons (Fsp3) is 0.750. The van der Waals surface area contributed by atoms with Crippen LogP contribution in [0, 0.1) is 5.92 Å². The molecule has 0 aromatic heterocycles. The van der Waals surface area contributed by atoms with E-state index in [4.69, 9.17) is 25.7 Å². The lowest BCUT2D eigenvalue weighted by molar-refractivity contribution is -0.459. The van der Waals surface area contributed by atoms with Gasteiger partial charge in [-0.1, -0.05) is 0 Å². The topological polar surface area (TPSA) is 137 Å². The molecule has 0 fully saturated rings. The highest BCUT2D eigenvalue weighted by atomic mass is 16.7. The smallest absolute Gasteiger partial charge is 0.465 e. The van der Waals surface area contributed by atoms with Gasteiger partial charge in [0.15, 0.2) is 0 Å². The first kappa shape index (κ1) is 19.0. The highest BCUT2D eigenvalue weighted by Crippen LogP contribution is 2.04. The second-order valence-corrected chi connectivity index (χ2v) is 4.17. The number of nitrogens with two attached hydrogens (primary N) is 2. The van der Waals surface area contributed by atoms with E-state index in [1.54, 1.807) is 0 Å². The first-order valence-corrected chi connectivity index (χ1v) is 6.49. The molecule has 0 radical (unpaired) electrons. The van der Waals surface area contributed by atoms with Gasteiger partial charge < -0.3 is 18.9 Å². The molecule has 0 aliphatic rings. The molecule has 9 heteroatoms. The van der Waals surface area contributed by atoms with Crippen LogP contribution < -0.4 is 16.5 Å². The van der Waals surface area contributed by atoms with Crippen LogP contribution in [0.5, 0.6) is 0 Å². The lowest BCUT2D eigenvalue weighted by atomic mass is 10.2. The zero-order chi connectivity index (χ0) is 16.1. The summed E-state index contributed by atoms with van der Waals surface area (Å²) in [4.78, 5) is 25.4. The van der Waals surface area contributed by atoms with E-state index in [2.05, 4.69) is 9.73 Å². The molecular weight excluding hydrogens is 282 g/mol. The third kappa shape index (κ3) is 10.4. The van der Waals surface area contributed by atoms with Gasteiger partial charge in [-0.25, -0.2) is 4.79 Å². The number of guanidine groups is 1. The Bertz CT molecular complexity index is 344. The largest absolute Gasteiger partial charge is 0.508 e. The molecule has 1 atom stereocenters. The third-order valence-electron chi connectivity index (χ3n) is 2.41. The van der Waals surface area contributed by atoms with Gasteiger partial charge in [-0.05, 0) is 12.8 Å². The zero-order valence-corrected chi connectivity index (χ0v) is 12.4. The highest BCUT2D eigenvalue weighted by molar-refractivity contribution is 5.73. The van der Waals surface area contributed by atoms with Crippen LogP contribution in [0.25, 0.3) is 0 Å². The minimum absolute atomic E-state index is 0.0933. The second kappa shape index (κ2) is 11.8. The Morgan fingerprint density at radius 1 is 1.10 bits per heavy atom. The van der Waals surface area contributed by atoms with E-state index < -0.39 is 18.0 Å². The van der Waals surface area contributed by atoms with Crippen LogP contribution in [0.1, 0.15) is 12.8 Å². The van der Waals surface area contributed by atoms with Crippen molar-refractivity contribution >= 4 is 18.1 Å². The van der Waals surface area contributed by atoms with Gasteiger partial charge in [0.05, 0.1) is 26.9 Å². The van der Waals surface area contributed by atoms with Crippen LogP contribution in [0.4, 0.5) is 4.79 Å². The van der Waals surface area contributed by atoms with Crippen LogP contribution >= 0.6 is 0 Å². The summed E-state index contributed by atoms with van der Waals surface area (Å²) in [6.07, 6.45) is 0.549. The van der Waals surface area contributed by atoms with E-state index in [-0.39, 0.29) is 25.8 Å². The number of unbranched alkanes of at least 4 members (excludes halogenated alkanes) is 1. The van der Waals surface area contributed by atoms with Gasteiger partial charge >= 0.3 is 18.1 Å². The zero-order valence-electron chi connectivity index (χ0n) is 12.4. The molecule has 0 aliphatic heterocycles. The molecule has 9 nitrogen and oxygen atoms in total. The molecule has 0 saturated heterocycles. The molecule has 1 unspecified atom stereocenters. The summed E-state index contributed by atoms with van der Waals surface area (Å²) in [6, 6.07) is 0. The molecule has 0 rings (SSSR count). The fourth-order valence-electron chi connectivity index (χ4n) is 1.36. The van der Waals surface area contributed by atoms with Crippen molar-refractivity contribution in [1.82, 2.24) is 0 Å². The van der Waals surface area contributed by atoms with Crippen LogP contribution in [-0.2, 0) is 23.7 Å². The van der Waals surface area contributed by atoms with E-state index in [0.29, 0.717) is 13.0 Å². The highest BCUT2D eigenvalue weighted by Gasteiger charge is 2.22. The summed E-state index contributed by atoms with van der Waals surface area (Å²) in [6.45, 7) is 0.798. The Hall–Kier alpha value is -2.03. The van der Waals surface area contributed by atoms with Crippen LogP contribution in [0.2, 0.25) is 0 Å². The monoisotopic (exact) mass is 306 g/mol. The summed E-state index contributed by atoms with van der Waals surface area (Å²) in [7, 11) is 2.63. The van der Waals surface area contributed by atoms with E-state index in [1.807, 2.05) is 0 Å². The Balaban J connectivity index is 3.95. The van der Waals surface area contributed by atoms with Gasteiger partial charge in [0.25, 0.3) is 0 Å². The maximum absolute atomic E-state index is 11.8. The standard InChI is InChI=1S/C12H23N3O6/c1-18-7-9(8-21-12(17)19-2)10(16)20-6-4-3-5-15-11(13)14/h9H,3-8H2,1-2H3,(H4,13,14,15)/p+1. The lowest BCUT2D eigenvalue weighted by Gasteiger charge is -2.14. The first-order chi connectivity index (χ1) is 10.0. The molecule has 0 aromatic carbocycles. The maximum Gasteiger partial charge on any atom is 0.508 e. The molecule has 0 aromatic rings. The van der Waals surface area contributed by atoms with Gasteiger partial charge in [-0.2, -0.15) is 0 Å². The lowest BCUT2D eigenvalue weighted by Crippen LogP contribution is -2.78. The molecule has 0 saturated carbocycles. The van der Waals surface area contributed by atoms with Crippen molar-refractivity contribution in [3.8, 4) is 0 Å². The fourth-order valence-corrected chi connectivity index (χ4v) is 1.36. The number of methoxy groups -OCH3 is 2. The molecule has 0 spiro atoms. The Morgan fingerprint density at radius 2 is 1.81 bits per heavy atom. The minimum atomic E-state index is -0.856. The number of carbonyl (C=O) groups is 2. The number of nitrogens with one attached hydrogen (secondary N) is 1. The molecular formula is C12H24N3O6+. The number of hydrogen-bond donors (Lipinski definition) is 3. The van der Waals surface area contributed by atoms with Crippen LogP contribution in [0.3, 0.4) is 0 Å². The molecule has 5 N–H and O–H groups in total. The molecule has 0 aliphatic carbocycles. The van der Waals surface area contributed by atoms with Crippen molar-refractivity contribution in [3.05, 3.63) is 0 Å². The predicted octanol–water partition coefficient (Wildman–Crippen LogP) is -2.29. The van der Waals surface area contributed by atoms with E-state index in [9.17, 15) is 9.59 Å². The van der Waals surface area contributed by atoms with Gasteiger partial charge in [0, 0.05) is 7.11 Å². The average Bonchev–Trinajstić information content (AvgIpc) is 2.46. The quantitative estimate of drug-likeness (QED) is 0.177. The summed E-state index contributed by atoms with van der Waals surface area (Å²) in [5, 5.41) is 0. The van der Waals surface area contributed by atoms with Crippen molar-refractivity contribution in [3.63, 3.8) is 0 Å². The van der Waals surface area contributed by atoms with Crippen molar-refractivity contribution in [2.45, 2.75) is 12.8 Å². The van der Waals surface area contributed by atoms with Crippen molar-refractivity contribution < 1.29 is 33.5 Å². The van der Waals surface area contributed by atoms with Crippen molar-refractivity contribution in [2.24, 2.45) is 17.4 Å². The summed E-state index contributed by atoms with van der Waals surface area (Å²) in [5.41, 5.74) is 10.5. The average molecular weight is 306 g/mol. The van der Waals surface area contributed by atoms with Crippen LogP contribution in [-0.4, -0.2) is 58.7 Å². The summed E-state index contributed by atoms with van der Waals surface area (Å²) in [5.74, 6) is -1.01. The number of hydrogen-bond acceptors (Lipinski definition) is 6. The van der Waals surface area contributed by atoms with E-state index in [1.165, 1.54) is 14.2 Å². The normalized spacial score (nSPS) is 11.3. The molecule has 0 amide bonds. The number of rotatable bonds is 10. The second-order valence-electron chi connectivity index (χ2n) is 4.17. The van der Waals surface area contributed by atoms with Crippen LogP contribution in [0.15, 0.2) is 0 Å². The molecule has 0 heterocycles. The SMILES string of the molecule is COCC(COC(=O)OC)C(=O)OCCCC[NH+]=C(N)N. The molecule has 0 bridgehead atoms. The molecule has 122 valence electrons. The Kier molecular flexibility index (Phi) is 10.6. The number of esters is 1. The van der Waals surface area contributed by atoms with E-state index in [0.717, 1.165) is 6.42 Å². The third-order valence-corrected chi connectivity index (χ3v) is 2.41.